The van der Waals surface area contributed by atoms with Crippen LogP contribution in [0.2, 0.25) is 0 Å². The first-order chi connectivity index (χ1) is 10.5. The van der Waals surface area contributed by atoms with Gasteiger partial charge in [-0.1, -0.05) is 32.0 Å². The highest BCUT2D eigenvalue weighted by Gasteiger charge is 2.53. The maximum Gasteiger partial charge on any atom is 0.257 e. The van der Waals surface area contributed by atoms with Gasteiger partial charge >= 0.3 is 0 Å². The summed E-state index contributed by atoms with van der Waals surface area (Å²) in [6, 6.07) is 9.98. The third-order valence-corrected chi connectivity index (χ3v) is 4.68. The monoisotopic (exact) mass is 299 g/mol. The number of rotatable bonds is 4. The van der Waals surface area contributed by atoms with Crippen LogP contribution in [0.4, 0.5) is 0 Å². The van der Waals surface area contributed by atoms with Crippen molar-refractivity contribution in [3.05, 3.63) is 48.3 Å². The van der Waals surface area contributed by atoms with Crippen LogP contribution in [-0.2, 0) is 0 Å². The largest absolute Gasteiger partial charge is 0.490 e. The summed E-state index contributed by atoms with van der Waals surface area (Å²) in [6.07, 6.45) is 4.13. The molecule has 3 rings (SSSR count). The van der Waals surface area contributed by atoms with Crippen LogP contribution >= 0.6 is 0 Å². The van der Waals surface area contributed by atoms with Crippen molar-refractivity contribution < 1.29 is 9.53 Å². The summed E-state index contributed by atoms with van der Waals surface area (Å²) in [5.41, 5.74) is 0.495. The molecular weight excluding hydrogens is 278 g/mol. The molecule has 1 aliphatic rings. The molecule has 116 valence electrons. The van der Waals surface area contributed by atoms with Crippen LogP contribution in [0.25, 0.3) is 0 Å². The fourth-order valence-corrected chi connectivity index (χ4v) is 3.10. The summed E-state index contributed by atoms with van der Waals surface area (Å²) in [5, 5.41) is 6.52. The molecule has 1 saturated carbocycles. The number of aromatic nitrogens is 2. The number of amides is 1. The Morgan fingerprint density at radius 1 is 1.36 bits per heavy atom. The van der Waals surface area contributed by atoms with Gasteiger partial charge in [0.25, 0.3) is 5.91 Å². The van der Waals surface area contributed by atoms with Gasteiger partial charge in [0, 0.05) is 31.1 Å². The number of nitrogens with zero attached hydrogens (tertiary/aromatic N) is 2. The van der Waals surface area contributed by atoms with Crippen molar-refractivity contribution in [1.82, 2.24) is 15.1 Å². The second-order valence-electron chi connectivity index (χ2n) is 6.40. The number of H-pyrrole nitrogens is 1. The number of hydrogen-bond donors (Lipinski definition) is 1. The van der Waals surface area contributed by atoms with Crippen molar-refractivity contribution in [3.63, 3.8) is 0 Å². The summed E-state index contributed by atoms with van der Waals surface area (Å²) >= 11 is 0. The van der Waals surface area contributed by atoms with Crippen molar-refractivity contribution in [2.24, 2.45) is 5.41 Å². The molecule has 2 aromatic rings. The molecule has 0 radical (unpaired) electrons. The van der Waals surface area contributed by atoms with E-state index in [1.165, 1.54) is 0 Å². The SMILES string of the molecule is CN(C(=O)c1cn[nH]c1)[C@H]1C[C@H](Oc2ccccc2)C1(C)C. The van der Waals surface area contributed by atoms with E-state index < -0.39 is 0 Å². The zero-order valence-corrected chi connectivity index (χ0v) is 13.1. The van der Waals surface area contributed by atoms with Gasteiger partial charge in [-0.25, -0.2) is 0 Å². The average Bonchev–Trinajstić information content (AvgIpc) is 3.05. The van der Waals surface area contributed by atoms with E-state index >= 15 is 0 Å². The molecule has 0 bridgehead atoms. The highest BCUT2D eigenvalue weighted by molar-refractivity contribution is 5.93. The lowest BCUT2D eigenvalue weighted by Crippen LogP contribution is -2.63. The quantitative estimate of drug-likeness (QED) is 0.944. The minimum atomic E-state index is -0.0933. The van der Waals surface area contributed by atoms with E-state index in [1.54, 1.807) is 17.3 Å². The highest BCUT2D eigenvalue weighted by atomic mass is 16.5. The summed E-state index contributed by atoms with van der Waals surface area (Å²) in [7, 11) is 1.85. The van der Waals surface area contributed by atoms with E-state index in [9.17, 15) is 4.79 Å². The fourth-order valence-electron chi connectivity index (χ4n) is 3.10. The molecule has 22 heavy (non-hydrogen) atoms. The first-order valence-corrected chi connectivity index (χ1v) is 7.48. The van der Waals surface area contributed by atoms with Crippen LogP contribution in [-0.4, -0.2) is 40.2 Å². The third kappa shape index (κ3) is 2.47. The van der Waals surface area contributed by atoms with E-state index in [1.807, 2.05) is 37.4 Å². The zero-order valence-electron chi connectivity index (χ0n) is 13.1. The Kier molecular flexibility index (Phi) is 3.64. The van der Waals surface area contributed by atoms with Crippen LogP contribution in [0.1, 0.15) is 30.6 Å². The Bertz CT molecular complexity index is 637. The molecule has 1 fully saturated rings. The molecule has 1 amide bonds. The number of ether oxygens (including phenoxy) is 1. The van der Waals surface area contributed by atoms with Gasteiger partial charge in [0.15, 0.2) is 0 Å². The van der Waals surface area contributed by atoms with Gasteiger partial charge in [-0.2, -0.15) is 5.10 Å². The number of nitrogens with one attached hydrogen (secondary N) is 1. The van der Waals surface area contributed by atoms with Crippen molar-refractivity contribution >= 4 is 5.91 Å². The number of carbonyl (C=O) groups excluding carboxylic acids is 1. The predicted molar refractivity (Wildman–Crippen MR) is 83.7 cm³/mol. The Morgan fingerprint density at radius 2 is 2.09 bits per heavy atom. The van der Waals surface area contributed by atoms with Gasteiger partial charge in [0.1, 0.15) is 11.9 Å². The summed E-state index contributed by atoms with van der Waals surface area (Å²) in [6.45, 7) is 4.29. The van der Waals surface area contributed by atoms with E-state index in [4.69, 9.17) is 4.74 Å². The van der Waals surface area contributed by atoms with Gasteiger partial charge < -0.3 is 9.64 Å². The lowest BCUT2D eigenvalue weighted by Gasteiger charge is -2.54. The van der Waals surface area contributed by atoms with E-state index in [0.29, 0.717) is 5.56 Å². The molecule has 1 aliphatic carbocycles. The summed E-state index contributed by atoms with van der Waals surface area (Å²) < 4.78 is 6.06. The van der Waals surface area contributed by atoms with Gasteiger partial charge in [-0.05, 0) is 12.1 Å². The van der Waals surface area contributed by atoms with E-state index in [0.717, 1.165) is 12.2 Å². The van der Waals surface area contributed by atoms with Crippen molar-refractivity contribution in [3.8, 4) is 5.75 Å². The van der Waals surface area contributed by atoms with Crippen LogP contribution in [0.5, 0.6) is 5.75 Å². The van der Waals surface area contributed by atoms with Crippen LogP contribution in [0.15, 0.2) is 42.7 Å². The molecule has 0 saturated heterocycles. The topological polar surface area (TPSA) is 58.2 Å². The molecule has 0 unspecified atom stereocenters. The molecule has 1 heterocycles. The van der Waals surface area contributed by atoms with Gasteiger partial charge in [0.2, 0.25) is 0 Å². The van der Waals surface area contributed by atoms with Crippen molar-refractivity contribution in [1.29, 1.82) is 0 Å². The van der Waals surface area contributed by atoms with Gasteiger partial charge in [-0.15, -0.1) is 0 Å². The smallest absolute Gasteiger partial charge is 0.257 e. The number of aromatic amines is 1. The standard InChI is InChI=1S/C17H21N3O2/c1-17(2)14(20(3)16(21)12-10-18-19-11-12)9-15(17)22-13-7-5-4-6-8-13/h4-8,10-11,14-15H,9H2,1-3H3,(H,18,19)/t14-,15-/m0/s1. The van der Waals surface area contributed by atoms with Crippen molar-refractivity contribution in [2.45, 2.75) is 32.4 Å². The van der Waals surface area contributed by atoms with Crippen molar-refractivity contribution in [2.75, 3.05) is 7.05 Å². The lowest BCUT2D eigenvalue weighted by molar-refractivity contribution is -0.0886. The molecule has 5 nitrogen and oxygen atoms in total. The lowest BCUT2D eigenvalue weighted by atomic mass is 9.63. The Labute approximate surface area is 130 Å². The normalized spacial score (nSPS) is 22.7. The fraction of sp³-hybridized carbons (Fsp3) is 0.412. The van der Waals surface area contributed by atoms with Gasteiger partial charge in [-0.3, -0.25) is 9.89 Å². The van der Waals surface area contributed by atoms with Crippen LogP contribution in [0.3, 0.4) is 0 Å². The maximum atomic E-state index is 12.4. The highest BCUT2D eigenvalue weighted by Crippen LogP contribution is 2.45. The number of benzene rings is 1. The molecule has 1 aromatic carbocycles. The van der Waals surface area contributed by atoms with E-state index in [-0.39, 0.29) is 23.5 Å². The Balaban J connectivity index is 1.67. The number of para-hydroxylation sites is 1. The molecule has 1 N–H and O–H groups in total. The molecule has 0 spiro atoms. The second-order valence-corrected chi connectivity index (χ2v) is 6.40. The number of carbonyl (C=O) groups is 1. The molecule has 5 heteroatoms. The van der Waals surface area contributed by atoms with Crippen LogP contribution < -0.4 is 4.74 Å². The Morgan fingerprint density at radius 3 is 2.68 bits per heavy atom. The van der Waals surface area contributed by atoms with Gasteiger partial charge in [0.05, 0.1) is 11.8 Å². The first kappa shape index (κ1) is 14.6. The average molecular weight is 299 g/mol. The van der Waals surface area contributed by atoms with Crippen LogP contribution in [0, 0.1) is 5.41 Å². The first-order valence-electron chi connectivity index (χ1n) is 7.48. The molecule has 1 aromatic heterocycles. The van der Waals surface area contributed by atoms with E-state index in [2.05, 4.69) is 24.0 Å². The maximum absolute atomic E-state index is 12.4. The number of hydrogen-bond acceptors (Lipinski definition) is 3. The molecule has 2 atom stereocenters. The Hall–Kier alpha value is -2.30. The second kappa shape index (κ2) is 5.48. The predicted octanol–water partition coefficient (Wildman–Crippen LogP) is 2.73. The zero-order chi connectivity index (χ0) is 15.7. The summed E-state index contributed by atoms with van der Waals surface area (Å²) in [4.78, 5) is 14.2. The minimum Gasteiger partial charge on any atom is -0.490 e. The molecule has 0 aliphatic heterocycles. The third-order valence-electron chi connectivity index (χ3n) is 4.68. The molecular formula is C17H21N3O2. The minimum absolute atomic E-state index is 0.00927. The summed E-state index contributed by atoms with van der Waals surface area (Å²) in [5.74, 6) is 0.868.